The Bertz CT molecular complexity index is 553. The van der Waals surface area contributed by atoms with Crippen LogP contribution in [0, 0.1) is 0 Å². The molecule has 1 fully saturated rings. The van der Waals surface area contributed by atoms with Crippen molar-refractivity contribution < 1.29 is 19.1 Å². The van der Waals surface area contributed by atoms with E-state index in [1.165, 1.54) is 23.2 Å². The first-order valence-electron chi connectivity index (χ1n) is 6.71. The van der Waals surface area contributed by atoms with E-state index in [2.05, 4.69) is 10.3 Å². The molecule has 0 atom stereocenters. The van der Waals surface area contributed by atoms with E-state index >= 15 is 0 Å². The van der Waals surface area contributed by atoms with Gasteiger partial charge in [-0.25, -0.2) is 4.98 Å². The molecule has 7 nitrogen and oxygen atoms in total. The van der Waals surface area contributed by atoms with Crippen LogP contribution in [0.3, 0.4) is 0 Å². The van der Waals surface area contributed by atoms with Gasteiger partial charge in [0.2, 0.25) is 5.91 Å². The second-order valence-electron chi connectivity index (χ2n) is 4.69. The summed E-state index contributed by atoms with van der Waals surface area (Å²) in [5, 5.41) is 4.48. The number of thiazole rings is 1. The van der Waals surface area contributed by atoms with Gasteiger partial charge in [-0.05, 0) is 19.8 Å². The van der Waals surface area contributed by atoms with E-state index in [9.17, 15) is 14.4 Å². The van der Waals surface area contributed by atoms with Crippen LogP contribution in [0.2, 0.25) is 0 Å². The number of rotatable bonds is 6. The van der Waals surface area contributed by atoms with Crippen LogP contribution in [0.5, 0.6) is 0 Å². The topological polar surface area (TPSA) is 88.6 Å². The third-order valence-corrected chi connectivity index (χ3v) is 3.62. The minimum atomic E-state index is -0.421. The van der Waals surface area contributed by atoms with E-state index in [1.54, 1.807) is 12.3 Å². The number of ether oxygens (including phenoxy) is 1. The lowest BCUT2D eigenvalue weighted by Gasteiger charge is -2.20. The maximum Gasteiger partial charge on any atom is 0.325 e. The summed E-state index contributed by atoms with van der Waals surface area (Å²) in [5.74, 6) is -0.970. The molecule has 1 N–H and O–H groups in total. The van der Waals surface area contributed by atoms with Crippen molar-refractivity contribution in [2.75, 3.05) is 18.5 Å². The molecule has 0 spiro atoms. The van der Waals surface area contributed by atoms with Gasteiger partial charge in [0.25, 0.3) is 5.91 Å². The SMILES string of the molecule is CCOC(=O)CN(C(=O)c1csc(NC(C)=O)n1)C1CC1. The number of anilines is 1. The molecule has 0 radical (unpaired) electrons. The number of esters is 1. The minimum Gasteiger partial charge on any atom is -0.465 e. The molecular formula is C13H17N3O4S. The number of amides is 2. The molecule has 0 bridgehead atoms. The fourth-order valence-corrected chi connectivity index (χ4v) is 2.56. The predicted octanol–water partition coefficient (Wildman–Crippen LogP) is 1.27. The fraction of sp³-hybridized carbons (Fsp3) is 0.538. The molecule has 1 saturated carbocycles. The number of carbonyl (C=O) groups is 3. The average Bonchev–Trinajstić information content (AvgIpc) is 3.15. The summed E-state index contributed by atoms with van der Waals surface area (Å²) >= 11 is 1.18. The van der Waals surface area contributed by atoms with Crippen molar-refractivity contribution in [3.05, 3.63) is 11.1 Å². The second kappa shape index (κ2) is 6.66. The van der Waals surface area contributed by atoms with Crippen molar-refractivity contribution in [3.63, 3.8) is 0 Å². The lowest BCUT2D eigenvalue weighted by atomic mass is 10.3. The molecular weight excluding hydrogens is 294 g/mol. The Balaban J connectivity index is 2.05. The molecule has 21 heavy (non-hydrogen) atoms. The lowest BCUT2D eigenvalue weighted by molar-refractivity contribution is -0.144. The Morgan fingerprint density at radius 3 is 2.76 bits per heavy atom. The zero-order valence-corrected chi connectivity index (χ0v) is 12.7. The molecule has 0 aromatic carbocycles. The van der Waals surface area contributed by atoms with Gasteiger partial charge in [0.1, 0.15) is 12.2 Å². The minimum absolute atomic E-state index is 0.0651. The summed E-state index contributed by atoms with van der Waals surface area (Å²) in [6.07, 6.45) is 1.77. The summed E-state index contributed by atoms with van der Waals surface area (Å²) in [6.45, 7) is 3.32. The third-order valence-electron chi connectivity index (χ3n) is 2.86. The molecule has 0 unspecified atom stereocenters. The van der Waals surface area contributed by atoms with E-state index in [-0.39, 0.29) is 36.7 Å². The first-order chi connectivity index (χ1) is 10.0. The monoisotopic (exact) mass is 311 g/mol. The van der Waals surface area contributed by atoms with Crippen LogP contribution in [0.15, 0.2) is 5.38 Å². The Labute approximate surface area is 126 Å². The van der Waals surface area contributed by atoms with Gasteiger partial charge < -0.3 is 15.0 Å². The standard InChI is InChI=1S/C13H17N3O4S/c1-3-20-11(18)6-16(9-4-5-9)12(19)10-7-21-13(15-10)14-8(2)17/h7,9H,3-6H2,1-2H3,(H,14,15,17). The van der Waals surface area contributed by atoms with E-state index < -0.39 is 5.97 Å². The van der Waals surface area contributed by atoms with Crippen LogP contribution in [-0.4, -0.2) is 46.9 Å². The fourth-order valence-electron chi connectivity index (χ4n) is 1.83. The molecule has 114 valence electrons. The molecule has 1 aromatic heterocycles. The number of hydrogen-bond acceptors (Lipinski definition) is 6. The van der Waals surface area contributed by atoms with Gasteiger partial charge in [0.05, 0.1) is 6.61 Å². The summed E-state index contributed by atoms with van der Waals surface area (Å²) in [4.78, 5) is 40.5. The first kappa shape index (κ1) is 15.4. The van der Waals surface area contributed by atoms with Crippen LogP contribution < -0.4 is 5.32 Å². The number of carbonyl (C=O) groups excluding carboxylic acids is 3. The Hall–Kier alpha value is -1.96. The smallest absolute Gasteiger partial charge is 0.325 e. The van der Waals surface area contributed by atoms with Crippen molar-refractivity contribution >= 4 is 34.3 Å². The zero-order chi connectivity index (χ0) is 15.4. The van der Waals surface area contributed by atoms with Crippen molar-refractivity contribution in [3.8, 4) is 0 Å². The van der Waals surface area contributed by atoms with Gasteiger partial charge >= 0.3 is 5.97 Å². The summed E-state index contributed by atoms with van der Waals surface area (Å²) in [6, 6.07) is 0.0767. The molecule has 0 saturated heterocycles. The highest BCUT2D eigenvalue weighted by molar-refractivity contribution is 7.14. The molecule has 1 heterocycles. The quantitative estimate of drug-likeness (QED) is 0.799. The molecule has 8 heteroatoms. The molecule has 2 amide bonds. The van der Waals surface area contributed by atoms with Crippen molar-refractivity contribution in [1.29, 1.82) is 0 Å². The largest absolute Gasteiger partial charge is 0.465 e. The highest BCUT2D eigenvalue weighted by atomic mass is 32.1. The molecule has 1 aromatic rings. The van der Waals surface area contributed by atoms with Gasteiger partial charge in [-0.2, -0.15) is 0 Å². The van der Waals surface area contributed by atoms with E-state index in [0.717, 1.165) is 12.8 Å². The number of aromatic nitrogens is 1. The van der Waals surface area contributed by atoms with E-state index in [4.69, 9.17) is 4.74 Å². The summed E-state index contributed by atoms with van der Waals surface area (Å²) in [7, 11) is 0. The predicted molar refractivity (Wildman–Crippen MR) is 77.1 cm³/mol. The second-order valence-corrected chi connectivity index (χ2v) is 5.55. The summed E-state index contributed by atoms with van der Waals surface area (Å²) < 4.78 is 4.89. The normalized spacial score (nSPS) is 13.6. The maximum atomic E-state index is 12.4. The van der Waals surface area contributed by atoms with Gasteiger partial charge in [-0.3, -0.25) is 14.4 Å². The average molecular weight is 311 g/mol. The highest BCUT2D eigenvalue weighted by Gasteiger charge is 2.35. The molecule has 2 rings (SSSR count). The zero-order valence-electron chi connectivity index (χ0n) is 11.9. The van der Waals surface area contributed by atoms with Gasteiger partial charge in [0, 0.05) is 18.3 Å². The van der Waals surface area contributed by atoms with Crippen molar-refractivity contribution in [2.24, 2.45) is 0 Å². The van der Waals surface area contributed by atoms with Crippen LogP contribution in [0.25, 0.3) is 0 Å². The van der Waals surface area contributed by atoms with Crippen LogP contribution >= 0.6 is 11.3 Å². The van der Waals surface area contributed by atoms with E-state index in [1.807, 2.05) is 0 Å². The number of nitrogens with zero attached hydrogens (tertiary/aromatic N) is 2. The Morgan fingerprint density at radius 1 is 1.48 bits per heavy atom. The number of nitrogens with one attached hydrogen (secondary N) is 1. The molecule has 1 aliphatic carbocycles. The van der Waals surface area contributed by atoms with Crippen LogP contribution in [-0.2, 0) is 14.3 Å². The van der Waals surface area contributed by atoms with Crippen molar-refractivity contribution in [1.82, 2.24) is 9.88 Å². The molecule has 1 aliphatic rings. The Kier molecular flexibility index (Phi) is 4.89. The first-order valence-corrected chi connectivity index (χ1v) is 7.59. The summed E-state index contributed by atoms with van der Waals surface area (Å²) in [5.41, 5.74) is 0.236. The van der Waals surface area contributed by atoms with Gasteiger partial charge in [-0.15, -0.1) is 11.3 Å². The van der Waals surface area contributed by atoms with Crippen LogP contribution in [0.4, 0.5) is 5.13 Å². The van der Waals surface area contributed by atoms with Crippen LogP contribution in [0.1, 0.15) is 37.2 Å². The van der Waals surface area contributed by atoms with Gasteiger partial charge in [0.15, 0.2) is 5.13 Å². The Morgan fingerprint density at radius 2 is 2.19 bits per heavy atom. The van der Waals surface area contributed by atoms with Crippen molar-refractivity contribution in [2.45, 2.75) is 32.7 Å². The maximum absolute atomic E-state index is 12.4. The highest BCUT2D eigenvalue weighted by Crippen LogP contribution is 2.28. The van der Waals surface area contributed by atoms with E-state index in [0.29, 0.717) is 5.13 Å². The third kappa shape index (κ3) is 4.25. The lowest BCUT2D eigenvalue weighted by Crippen LogP contribution is -2.38. The number of hydrogen-bond donors (Lipinski definition) is 1. The molecule has 0 aliphatic heterocycles. The van der Waals surface area contributed by atoms with Gasteiger partial charge in [-0.1, -0.05) is 0 Å².